The summed E-state index contributed by atoms with van der Waals surface area (Å²) < 4.78 is 112. The molecule has 808 valence electrons. The molecule has 10 aromatic rings. The van der Waals surface area contributed by atoms with E-state index in [4.69, 9.17) is 50.7 Å². The second-order valence-electron chi connectivity index (χ2n) is 44.7. The Morgan fingerprint density at radius 2 is 0.784 bits per heavy atom. The number of aliphatic hydroxyl groups excluding tert-OH is 2. The van der Waals surface area contributed by atoms with Crippen molar-refractivity contribution in [3.63, 3.8) is 0 Å². The van der Waals surface area contributed by atoms with Crippen LogP contribution in [-0.4, -0.2) is 252 Å². The van der Waals surface area contributed by atoms with Crippen molar-refractivity contribution >= 4 is 156 Å². The number of ether oxygens (including phenoxy) is 6. The minimum Gasteiger partial charge on any atom is -0.396 e. The maximum atomic E-state index is 12.7. The van der Waals surface area contributed by atoms with Crippen molar-refractivity contribution in [2.75, 3.05) is 63.4 Å². The first kappa shape index (κ1) is 120. The average molecular weight is 2330 g/mol. The van der Waals surface area contributed by atoms with Crippen LogP contribution in [0.2, 0.25) is 19.3 Å². The monoisotopic (exact) mass is 2330 g/mol. The molecule has 16 atom stereocenters. The number of aliphatic hydroxyl groups is 2. The van der Waals surface area contributed by atoms with E-state index < -0.39 is 21.7 Å². The standard InChI is InChI=1S/C21H27N5OSe.C17H23F3O4SSe.C16H24O2Se.C16H22O2Se.C15H21N5O.C11H13N5O.C10H18O2.C5H6O/c1-21(2,3)27-11-14-9-16(17(10-14)28-15-7-5-4-6-8-15)26-13-25-18-19(22)23-12-24-20(18)26;1-16(2,3)23-11-12-9-14(24-25(21,22)17(18,19)20)15(10-12)26-13-7-5-4-6-8-13;2*1-16(2,3)18-11-12-9-14(17)15(10-12)19-13-7-5-4-6-8-13;1-15(2,3)21-7-10-4-5-11(6-10)20-9-19-12-13(16)17-8-18-14(12)20;12-10-9-11(14-5-13-10)16(6-15-9)8-2-1-7(3-8)4-17;1-10(2,3)12-7-8-4-5-9(11)6-8;6-5-3-1-2-4-5/h4-8,12-14,16-17H,9-11H2,1-3H3,(H2,22,23,24);4-8,12,14-15H,9-11H2,1-3H3;4-8,12,14-15,17H,9-11H2,1-3H3;4-8,12,15H,9-11H2,1-3H3;4-5,8-11H,6-7H2,1-3H3,(H2,16,17,18);1-2,5-8,17H,3-4H2,(H2,12,13,14);8H,4-7H2,1-3H3;1,3H,2,4H2/t14-,16+,17+;2*12-,14?,15+;12-,15+;10-,11+;7?,8-;;/m000010../s1. The van der Waals surface area contributed by atoms with Gasteiger partial charge in [-0.2, -0.15) is 0 Å². The van der Waals surface area contributed by atoms with Crippen molar-refractivity contribution < 1.29 is 78.8 Å². The summed E-state index contributed by atoms with van der Waals surface area (Å²) in [5.74, 6) is 4.95. The number of halogens is 3. The van der Waals surface area contributed by atoms with Crippen LogP contribution in [0.15, 0.2) is 196 Å². The summed E-state index contributed by atoms with van der Waals surface area (Å²) in [5.41, 5.74) is 15.7. The van der Waals surface area contributed by atoms with Crippen molar-refractivity contribution in [2.24, 2.45) is 41.4 Å². The number of nitrogens with two attached hydrogens (primary N) is 3. The summed E-state index contributed by atoms with van der Waals surface area (Å²) in [6.45, 7) is 41.2. The van der Waals surface area contributed by atoms with E-state index in [0.717, 1.165) is 131 Å². The molecule has 5 saturated carbocycles. The van der Waals surface area contributed by atoms with Gasteiger partial charge in [0.2, 0.25) is 0 Å². The number of aromatic nitrogens is 12. The Hall–Kier alpha value is -8.38. The molecule has 37 heteroatoms. The Morgan fingerprint density at radius 1 is 0.405 bits per heavy atom. The van der Waals surface area contributed by atoms with Crippen LogP contribution in [0, 0.1) is 41.4 Å². The molecular weight excluding hydrogens is 2170 g/mol. The Morgan fingerprint density at radius 3 is 1.19 bits per heavy atom. The summed E-state index contributed by atoms with van der Waals surface area (Å²) in [6.07, 6.45) is 33.6. The van der Waals surface area contributed by atoms with Gasteiger partial charge in [0.25, 0.3) is 0 Å². The molecule has 0 amide bonds. The zero-order valence-electron chi connectivity index (χ0n) is 88.8. The van der Waals surface area contributed by atoms with Crippen molar-refractivity contribution in [2.45, 2.75) is 310 Å². The molecule has 0 aliphatic heterocycles. The SMILES string of the molecule is CC(C)(C)OCC1CCC(=O)C1.CC(C)(C)OC[C@@H]1C=C[C@H](n2cnc3c(N)ncnc32)C1.CC(C)(C)OC[C@H]1CC(=O)[C@H]([Se]c2ccccc2)C1.CC(C)(C)OC[C@H]1CC(O)[C@H]([Se]c2ccccc2)C1.CC(C)(C)OC[C@H]1CC(OS(=O)(=O)C(F)(F)F)[C@H]([Se]c2ccccc2)C1.CC(C)(C)OC[C@H]1C[C@@H](n2cnc3c(N)ncnc32)[C@H]([Se]c2ccccc2)C1.Nc1ncnc2c1ncn2[C@H]1C=CC(CO)C1.O=C1C=CCC1. The van der Waals surface area contributed by atoms with E-state index in [2.05, 4.69) is 238 Å². The van der Waals surface area contributed by atoms with E-state index in [1.807, 2.05) is 107 Å². The van der Waals surface area contributed by atoms with Gasteiger partial charge in [-0.25, -0.2) is 29.9 Å². The van der Waals surface area contributed by atoms with Crippen LogP contribution >= 0.6 is 0 Å². The third-order valence-electron chi connectivity index (χ3n) is 25.2. The number of hydrogen-bond acceptors (Lipinski definition) is 26. The number of fused-ring (bicyclic) bond motifs is 3. The van der Waals surface area contributed by atoms with Crippen molar-refractivity contribution in [3.8, 4) is 0 Å². The van der Waals surface area contributed by atoms with Gasteiger partial charge in [-0.3, -0.25) is 9.59 Å². The van der Waals surface area contributed by atoms with Crippen LogP contribution < -0.4 is 35.0 Å². The van der Waals surface area contributed by atoms with E-state index in [-0.39, 0.29) is 122 Å². The predicted octanol–water partition coefficient (Wildman–Crippen LogP) is 17.2. The summed E-state index contributed by atoms with van der Waals surface area (Å²) >= 11 is 0.826. The zero-order valence-corrected chi connectivity index (χ0v) is 96.5. The molecule has 8 N–H and O–H groups in total. The van der Waals surface area contributed by atoms with Gasteiger partial charge in [-0.05, 0) is 79.2 Å². The normalized spacial score (nSPS) is 24.0. The number of carbonyl (C=O) groups excluding carboxylic acids is 3. The van der Waals surface area contributed by atoms with E-state index in [1.54, 1.807) is 18.7 Å². The first-order valence-corrected chi connectivity index (χ1v) is 59.9. The van der Waals surface area contributed by atoms with E-state index >= 15 is 0 Å². The quantitative estimate of drug-likeness (QED) is 0.0145. The van der Waals surface area contributed by atoms with Crippen LogP contribution in [0.25, 0.3) is 33.5 Å². The van der Waals surface area contributed by atoms with Crippen molar-refractivity contribution in [1.29, 1.82) is 0 Å². The predicted molar refractivity (Wildman–Crippen MR) is 582 cm³/mol. The number of allylic oxidation sites excluding steroid dienone is 4. The molecule has 5 fully saturated rings. The van der Waals surface area contributed by atoms with E-state index in [1.165, 1.54) is 32.4 Å². The number of benzene rings is 4. The number of hydrogen-bond donors (Lipinski definition) is 5. The number of nitrogens with zero attached hydrogens (tertiary/aromatic N) is 12. The van der Waals surface area contributed by atoms with Gasteiger partial charge in [0.05, 0.1) is 49.2 Å². The molecule has 8 aliphatic carbocycles. The van der Waals surface area contributed by atoms with Crippen LogP contribution in [-0.2, 0) is 57.1 Å². The van der Waals surface area contributed by atoms with Crippen LogP contribution in [0.3, 0.4) is 0 Å². The van der Waals surface area contributed by atoms with Crippen LogP contribution in [0.5, 0.6) is 0 Å². The second kappa shape index (κ2) is 54.9. The minimum absolute atomic E-state index is 0.0294. The largest absolute Gasteiger partial charge is 0.396 e. The number of carbonyl (C=O) groups is 3. The number of nitrogen functional groups attached to an aromatic ring is 3. The molecule has 4 aromatic carbocycles. The Kier molecular flexibility index (Phi) is 44.5. The van der Waals surface area contributed by atoms with Crippen LogP contribution in [0.4, 0.5) is 30.6 Å². The molecule has 0 radical (unpaired) electrons. The molecule has 0 bridgehead atoms. The van der Waals surface area contributed by atoms with E-state index in [0.29, 0.717) is 140 Å². The Labute approximate surface area is 897 Å². The fourth-order valence-electron chi connectivity index (χ4n) is 17.7. The van der Waals surface area contributed by atoms with Gasteiger partial charge in [0.15, 0.2) is 28.7 Å². The molecule has 18 rings (SSSR count). The molecule has 4 unspecified atom stereocenters. The average Bonchev–Trinajstić information content (AvgIpc) is 1.62. The summed E-state index contributed by atoms with van der Waals surface area (Å²) in [7, 11) is -5.60. The van der Waals surface area contributed by atoms with Gasteiger partial charge in [-0.15, -0.1) is 0 Å². The first-order chi connectivity index (χ1) is 69.8. The third kappa shape index (κ3) is 39.6. The molecule has 29 nitrogen and oxygen atoms in total. The van der Waals surface area contributed by atoms with Gasteiger partial charge < -0.3 is 35.2 Å². The molecule has 8 aliphatic rings. The number of anilines is 3. The molecule has 6 aromatic heterocycles. The number of ketones is 3. The molecule has 148 heavy (non-hydrogen) atoms. The number of rotatable bonds is 26. The fourth-order valence-corrected chi connectivity index (χ4v) is 29.7. The topological polar surface area (TPSA) is 399 Å². The van der Waals surface area contributed by atoms with Gasteiger partial charge in [-0.1, -0.05) is 30.4 Å². The van der Waals surface area contributed by atoms with Crippen molar-refractivity contribution in [3.05, 3.63) is 196 Å². The molecule has 0 spiro atoms. The fraction of sp³-hybridized carbons (Fsp3) is 0.568. The van der Waals surface area contributed by atoms with E-state index in [9.17, 15) is 41.1 Å². The first-order valence-electron chi connectivity index (χ1n) is 51.1. The zero-order chi connectivity index (χ0) is 108. The smallest absolute Gasteiger partial charge is 0.165 e. The van der Waals surface area contributed by atoms with Gasteiger partial charge in [0, 0.05) is 37.7 Å². The molecular formula is C111H154F3N15O14SSe4. The van der Waals surface area contributed by atoms with Crippen LogP contribution in [0.1, 0.15) is 239 Å². The third-order valence-corrected chi connectivity index (χ3v) is 37.5. The number of Topliss-reactive ketones (excluding diaryl/α,β-unsaturated/α-hetero) is 2. The Bertz CT molecular complexity index is 6030. The van der Waals surface area contributed by atoms with Crippen molar-refractivity contribution in [1.82, 2.24) is 58.6 Å². The van der Waals surface area contributed by atoms with Gasteiger partial charge >= 0.3 is 574 Å². The van der Waals surface area contributed by atoms with Gasteiger partial charge in [0.1, 0.15) is 29.5 Å². The number of alkyl halides is 3. The number of imidazole rings is 3. The maximum Gasteiger partial charge on any atom is 0.165 e. The summed E-state index contributed by atoms with van der Waals surface area (Å²) in [6, 6.07) is 41.9. The molecule has 6 heterocycles. The summed E-state index contributed by atoms with van der Waals surface area (Å²) in [4.78, 5) is 72.2. The minimum atomic E-state index is -5.60. The maximum absolute atomic E-state index is 12.7. The molecule has 0 saturated heterocycles. The Balaban J connectivity index is 0.000000164. The second-order valence-corrected chi connectivity index (χ2v) is 57.2. The summed E-state index contributed by atoms with van der Waals surface area (Å²) in [5, 5.41) is 19.3.